The zero-order chi connectivity index (χ0) is 13.5. The van der Waals surface area contributed by atoms with Crippen molar-refractivity contribution >= 4 is 12.3 Å². The molecule has 0 spiro atoms. The van der Waals surface area contributed by atoms with Crippen LogP contribution in [0.1, 0.15) is 24.0 Å². The van der Waals surface area contributed by atoms with Gasteiger partial charge in [-0.15, -0.1) is 0 Å². The van der Waals surface area contributed by atoms with E-state index < -0.39 is 0 Å². The Morgan fingerprint density at radius 2 is 2.16 bits per heavy atom. The van der Waals surface area contributed by atoms with E-state index in [1.165, 1.54) is 6.21 Å². The molecule has 1 saturated heterocycles. The molecule has 1 aromatic rings. The summed E-state index contributed by atoms with van der Waals surface area (Å²) in [6.45, 7) is 1.43. The molecule has 1 aliphatic rings. The van der Waals surface area contributed by atoms with Crippen LogP contribution in [0.15, 0.2) is 24.3 Å². The SMILES string of the molecule is N#Cc1cc(/C=C/C=N)ccc1OC1CCOCC1. The molecular weight excluding hydrogens is 240 g/mol. The van der Waals surface area contributed by atoms with E-state index in [0.717, 1.165) is 18.4 Å². The van der Waals surface area contributed by atoms with Crippen LogP contribution in [0.5, 0.6) is 5.75 Å². The highest BCUT2D eigenvalue weighted by molar-refractivity contribution is 5.76. The minimum Gasteiger partial charge on any atom is -0.489 e. The summed E-state index contributed by atoms with van der Waals surface area (Å²) in [5, 5.41) is 16.1. The average molecular weight is 256 g/mol. The maximum atomic E-state index is 9.17. The second-order valence-electron chi connectivity index (χ2n) is 4.32. The number of hydrogen-bond acceptors (Lipinski definition) is 4. The average Bonchev–Trinajstić information content (AvgIpc) is 2.47. The first kappa shape index (κ1) is 13.3. The minimum atomic E-state index is 0.129. The van der Waals surface area contributed by atoms with E-state index in [2.05, 4.69) is 6.07 Å². The van der Waals surface area contributed by atoms with Crippen molar-refractivity contribution in [3.05, 3.63) is 35.4 Å². The molecule has 0 amide bonds. The first-order chi connectivity index (χ1) is 9.33. The van der Waals surface area contributed by atoms with Gasteiger partial charge >= 0.3 is 0 Å². The number of ether oxygens (including phenoxy) is 2. The molecule has 98 valence electrons. The summed E-state index contributed by atoms with van der Waals surface area (Å²) in [4.78, 5) is 0. The minimum absolute atomic E-state index is 0.129. The molecule has 0 bridgehead atoms. The molecule has 2 rings (SSSR count). The van der Waals surface area contributed by atoms with Crippen LogP contribution in [0.2, 0.25) is 0 Å². The molecule has 1 aromatic carbocycles. The van der Waals surface area contributed by atoms with Crippen molar-refractivity contribution in [2.45, 2.75) is 18.9 Å². The second kappa shape index (κ2) is 6.72. The van der Waals surface area contributed by atoms with Crippen molar-refractivity contribution in [3.8, 4) is 11.8 Å². The van der Waals surface area contributed by atoms with Gasteiger partial charge in [-0.3, -0.25) is 0 Å². The van der Waals surface area contributed by atoms with Gasteiger partial charge < -0.3 is 14.9 Å². The van der Waals surface area contributed by atoms with Crippen molar-refractivity contribution in [2.24, 2.45) is 0 Å². The smallest absolute Gasteiger partial charge is 0.137 e. The van der Waals surface area contributed by atoms with Gasteiger partial charge in [0, 0.05) is 19.1 Å². The van der Waals surface area contributed by atoms with Gasteiger partial charge in [0.2, 0.25) is 0 Å². The van der Waals surface area contributed by atoms with Crippen molar-refractivity contribution in [1.29, 1.82) is 10.7 Å². The van der Waals surface area contributed by atoms with E-state index in [4.69, 9.17) is 14.9 Å². The fourth-order valence-corrected chi connectivity index (χ4v) is 1.97. The Morgan fingerprint density at radius 3 is 2.84 bits per heavy atom. The molecule has 1 heterocycles. The second-order valence-corrected chi connectivity index (χ2v) is 4.32. The summed E-state index contributed by atoms with van der Waals surface area (Å²) >= 11 is 0. The largest absolute Gasteiger partial charge is 0.489 e. The quantitative estimate of drug-likeness (QED) is 0.842. The lowest BCUT2D eigenvalue weighted by atomic mass is 10.1. The van der Waals surface area contributed by atoms with E-state index >= 15 is 0 Å². The van der Waals surface area contributed by atoms with Crippen LogP contribution < -0.4 is 4.74 Å². The normalized spacial score (nSPS) is 16.2. The van der Waals surface area contributed by atoms with Gasteiger partial charge in [-0.2, -0.15) is 5.26 Å². The molecule has 19 heavy (non-hydrogen) atoms. The number of allylic oxidation sites excluding steroid dienone is 1. The lowest BCUT2D eigenvalue weighted by Crippen LogP contribution is -2.26. The Bertz CT molecular complexity index is 511. The molecule has 4 nitrogen and oxygen atoms in total. The summed E-state index contributed by atoms with van der Waals surface area (Å²) < 4.78 is 11.1. The Kier molecular flexibility index (Phi) is 4.71. The van der Waals surface area contributed by atoms with Crippen molar-refractivity contribution in [1.82, 2.24) is 0 Å². The molecule has 0 atom stereocenters. The van der Waals surface area contributed by atoms with Crippen molar-refractivity contribution < 1.29 is 9.47 Å². The topological polar surface area (TPSA) is 66.1 Å². The summed E-state index contributed by atoms with van der Waals surface area (Å²) in [5.74, 6) is 0.626. The van der Waals surface area contributed by atoms with Gasteiger partial charge in [-0.25, -0.2) is 0 Å². The highest BCUT2D eigenvalue weighted by Crippen LogP contribution is 2.23. The molecule has 0 unspecified atom stereocenters. The molecule has 0 aliphatic carbocycles. The molecule has 1 N–H and O–H groups in total. The standard InChI is InChI=1S/C15H16N2O2/c16-7-1-2-12-3-4-15(13(10-12)11-17)19-14-5-8-18-9-6-14/h1-4,7,10,14,16H,5-6,8-9H2/b2-1+,16-7?. The first-order valence-corrected chi connectivity index (χ1v) is 6.29. The number of nitriles is 1. The van der Waals surface area contributed by atoms with E-state index in [1.54, 1.807) is 18.2 Å². The molecule has 1 aliphatic heterocycles. The number of nitrogens with zero attached hydrogens (tertiary/aromatic N) is 1. The number of hydrogen-bond donors (Lipinski definition) is 1. The van der Waals surface area contributed by atoms with Crippen LogP contribution in [0.4, 0.5) is 0 Å². The van der Waals surface area contributed by atoms with Crippen LogP contribution in [0.3, 0.4) is 0 Å². The highest BCUT2D eigenvalue weighted by Gasteiger charge is 2.16. The molecule has 1 fully saturated rings. The number of rotatable bonds is 4. The van der Waals surface area contributed by atoms with Crippen molar-refractivity contribution in [2.75, 3.05) is 13.2 Å². The monoisotopic (exact) mass is 256 g/mol. The summed E-state index contributed by atoms with van der Waals surface area (Å²) in [7, 11) is 0. The number of benzene rings is 1. The fraction of sp³-hybridized carbons (Fsp3) is 0.333. The Balaban J connectivity index is 2.13. The molecular formula is C15H16N2O2. The van der Waals surface area contributed by atoms with E-state index in [0.29, 0.717) is 24.5 Å². The van der Waals surface area contributed by atoms with Crippen LogP contribution in [0, 0.1) is 16.7 Å². The van der Waals surface area contributed by atoms with Gasteiger partial charge in [0.1, 0.15) is 17.9 Å². The zero-order valence-corrected chi connectivity index (χ0v) is 10.6. The van der Waals surface area contributed by atoms with Crippen LogP contribution in [-0.2, 0) is 4.74 Å². The van der Waals surface area contributed by atoms with Gasteiger partial charge in [-0.05, 0) is 23.8 Å². The van der Waals surface area contributed by atoms with E-state index in [-0.39, 0.29) is 6.10 Å². The predicted octanol–water partition coefficient (Wildman–Crippen LogP) is 2.78. The maximum Gasteiger partial charge on any atom is 0.137 e. The van der Waals surface area contributed by atoms with Gasteiger partial charge in [0.05, 0.1) is 18.8 Å². The molecule has 0 saturated carbocycles. The Labute approximate surface area is 112 Å². The first-order valence-electron chi connectivity index (χ1n) is 6.29. The Hall–Kier alpha value is -2.12. The predicted molar refractivity (Wildman–Crippen MR) is 73.4 cm³/mol. The number of nitrogens with one attached hydrogen (secondary N) is 1. The lowest BCUT2D eigenvalue weighted by molar-refractivity contribution is 0.0254. The molecule has 0 radical (unpaired) electrons. The third-order valence-electron chi connectivity index (χ3n) is 2.97. The molecule has 0 aromatic heterocycles. The Morgan fingerprint density at radius 1 is 1.37 bits per heavy atom. The van der Waals surface area contributed by atoms with Crippen LogP contribution in [0.25, 0.3) is 6.08 Å². The third-order valence-corrected chi connectivity index (χ3v) is 2.97. The summed E-state index contributed by atoms with van der Waals surface area (Å²) in [5.41, 5.74) is 1.41. The van der Waals surface area contributed by atoms with Gasteiger partial charge in [-0.1, -0.05) is 12.1 Å². The lowest BCUT2D eigenvalue weighted by Gasteiger charge is -2.23. The summed E-state index contributed by atoms with van der Waals surface area (Å²) in [6.07, 6.45) is 6.46. The van der Waals surface area contributed by atoms with Gasteiger partial charge in [0.15, 0.2) is 0 Å². The molecule has 4 heteroatoms. The van der Waals surface area contributed by atoms with Crippen molar-refractivity contribution in [3.63, 3.8) is 0 Å². The third kappa shape index (κ3) is 3.67. The highest BCUT2D eigenvalue weighted by atomic mass is 16.5. The van der Waals surface area contributed by atoms with Crippen LogP contribution >= 0.6 is 0 Å². The van der Waals surface area contributed by atoms with E-state index in [1.807, 2.05) is 12.1 Å². The van der Waals surface area contributed by atoms with Gasteiger partial charge in [0.25, 0.3) is 0 Å². The maximum absolute atomic E-state index is 9.17. The van der Waals surface area contributed by atoms with Crippen LogP contribution in [-0.4, -0.2) is 25.5 Å². The zero-order valence-electron chi connectivity index (χ0n) is 10.6. The van der Waals surface area contributed by atoms with E-state index in [9.17, 15) is 5.26 Å². The fourth-order valence-electron chi connectivity index (χ4n) is 1.97. The summed E-state index contributed by atoms with van der Waals surface area (Å²) in [6, 6.07) is 7.63.